The normalized spacial score (nSPS) is 18.6. The number of thioether (sulfide) groups is 1. The highest BCUT2D eigenvalue weighted by atomic mass is 32.2. The van der Waals surface area contributed by atoms with Crippen molar-refractivity contribution in [2.75, 3.05) is 18.7 Å². The topological polar surface area (TPSA) is 78.1 Å². The minimum atomic E-state index is -0.143. The number of nitrogens with one attached hydrogen (secondary N) is 2. The van der Waals surface area contributed by atoms with E-state index in [-0.39, 0.29) is 17.5 Å². The van der Waals surface area contributed by atoms with Gasteiger partial charge >= 0.3 is 0 Å². The van der Waals surface area contributed by atoms with E-state index < -0.39 is 0 Å². The molecule has 1 atom stereocenters. The Morgan fingerprint density at radius 3 is 3.20 bits per heavy atom. The summed E-state index contributed by atoms with van der Waals surface area (Å²) in [5.74, 6) is 2.14. The van der Waals surface area contributed by atoms with Crippen molar-refractivity contribution in [2.45, 2.75) is 12.6 Å². The molecule has 20 heavy (non-hydrogen) atoms. The third-order valence-corrected chi connectivity index (χ3v) is 4.98. The predicted octanol–water partition coefficient (Wildman–Crippen LogP) is 0.605. The SMILES string of the molecule is CN(Cc1nc2ccsc2c(=O)[nH]1)C(=O)C1CSCN1. The van der Waals surface area contributed by atoms with Gasteiger partial charge in [-0.2, -0.15) is 0 Å². The summed E-state index contributed by atoms with van der Waals surface area (Å²) in [7, 11) is 1.73. The van der Waals surface area contributed by atoms with E-state index in [4.69, 9.17) is 0 Å². The fourth-order valence-electron chi connectivity index (χ4n) is 2.12. The molecule has 1 unspecified atom stereocenters. The number of H-pyrrole nitrogens is 1. The number of aromatic amines is 1. The van der Waals surface area contributed by atoms with Gasteiger partial charge in [0.25, 0.3) is 5.56 Å². The van der Waals surface area contributed by atoms with Crippen molar-refractivity contribution in [3.8, 4) is 0 Å². The van der Waals surface area contributed by atoms with Gasteiger partial charge in [0.2, 0.25) is 5.91 Å². The summed E-state index contributed by atoms with van der Waals surface area (Å²) in [6.45, 7) is 0.308. The number of aromatic nitrogens is 2. The summed E-state index contributed by atoms with van der Waals surface area (Å²) >= 11 is 3.08. The van der Waals surface area contributed by atoms with Crippen molar-refractivity contribution in [3.63, 3.8) is 0 Å². The number of fused-ring (bicyclic) bond motifs is 1. The van der Waals surface area contributed by atoms with Crippen LogP contribution in [0.2, 0.25) is 0 Å². The Morgan fingerprint density at radius 1 is 1.60 bits per heavy atom. The van der Waals surface area contributed by atoms with Crippen molar-refractivity contribution in [2.24, 2.45) is 0 Å². The molecule has 3 heterocycles. The first-order valence-corrected chi connectivity index (χ1v) is 8.21. The second-order valence-electron chi connectivity index (χ2n) is 4.61. The van der Waals surface area contributed by atoms with E-state index in [1.165, 1.54) is 11.3 Å². The largest absolute Gasteiger partial charge is 0.337 e. The molecule has 0 bridgehead atoms. The predicted molar refractivity (Wildman–Crippen MR) is 81.0 cm³/mol. The monoisotopic (exact) mass is 310 g/mol. The number of nitrogens with zero attached hydrogens (tertiary/aromatic N) is 2. The van der Waals surface area contributed by atoms with Gasteiger partial charge in [0.05, 0.1) is 18.1 Å². The molecule has 3 rings (SSSR count). The van der Waals surface area contributed by atoms with Crippen molar-refractivity contribution in [1.29, 1.82) is 0 Å². The van der Waals surface area contributed by atoms with E-state index in [1.807, 2.05) is 11.4 Å². The molecule has 1 amide bonds. The van der Waals surface area contributed by atoms with Crippen molar-refractivity contribution < 1.29 is 4.79 Å². The summed E-state index contributed by atoms with van der Waals surface area (Å²) in [5.41, 5.74) is 0.541. The zero-order chi connectivity index (χ0) is 14.1. The molecule has 6 nitrogen and oxygen atoms in total. The quantitative estimate of drug-likeness (QED) is 0.868. The van der Waals surface area contributed by atoms with Crippen molar-refractivity contribution in [1.82, 2.24) is 20.2 Å². The molecule has 0 saturated carbocycles. The minimum Gasteiger partial charge on any atom is -0.337 e. The molecule has 106 valence electrons. The molecule has 1 saturated heterocycles. The smallest absolute Gasteiger partial charge is 0.268 e. The third kappa shape index (κ3) is 2.58. The summed E-state index contributed by atoms with van der Waals surface area (Å²) in [6, 6.07) is 1.68. The minimum absolute atomic E-state index is 0.0306. The van der Waals surface area contributed by atoms with Gasteiger partial charge in [-0.3, -0.25) is 14.9 Å². The van der Waals surface area contributed by atoms with Gasteiger partial charge in [0, 0.05) is 18.7 Å². The van der Waals surface area contributed by atoms with Crippen LogP contribution in [0.1, 0.15) is 5.82 Å². The van der Waals surface area contributed by atoms with E-state index in [0.717, 1.165) is 11.6 Å². The lowest BCUT2D eigenvalue weighted by atomic mass is 10.3. The molecule has 2 aromatic rings. The van der Waals surface area contributed by atoms with Gasteiger partial charge < -0.3 is 9.88 Å². The van der Waals surface area contributed by atoms with E-state index in [0.29, 0.717) is 22.6 Å². The number of hydrogen-bond acceptors (Lipinski definition) is 6. The molecule has 0 spiro atoms. The highest BCUT2D eigenvalue weighted by molar-refractivity contribution is 7.99. The number of likely N-dealkylation sites (N-methyl/N-ethyl adjacent to an activating group) is 1. The Morgan fingerprint density at radius 2 is 2.45 bits per heavy atom. The van der Waals surface area contributed by atoms with Crippen LogP contribution in [-0.4, -0.2) is 45.5 Å². The summed E-state index contributed by atoms with van der Waals surface area (Å²) < 4.78 is 0.622. The van der Waals surface area contributed by atoms with Crippen LogP contribution in [0.4, 0.5) is 0 Å². The maximum absolute atomic E-state index is 12.2. The first-order chi connectivity index (χ1) is 9.65. The van der Waals surface area contributed by atoms with Gasteiger partial charge in [-0.1, -0.05) is 0 Å². The number of carbonyl (C=O) groups excluding carboxylic acids is 1. The average molecular weight is 310 g/mol. The lowest BCUT2D eigenvalue weighted by Gasteiger charge is -2.20. The van der Waals surface area contributed by atoms with E-state index in [2.05, 4.69) is 15.3 Å². The fourth-order valence-corrected chi connectivity index (χ4v) is 3.78. The number of hydrogen-bond donors (Lipinski definition) is 2. The van der Waals surface area contributed by atoms with Crippen LogP contribution in [0.3, 0.4) is 0 Å². The maximum atomic E-state index is 12.2. The molecular formula is C12H14N4O2S2. The Kier molecular flexibility index (Phi) is 3.77. The zero-order valence-electron chi connectivity index (χ0n) is 10.9. The summed E-state index contributed by atoms with van der Waals surface area (Å²) in [6.07, 6.45) is 0. The van der Waals surface area contributed by atoms with Gasteiger partial charge in [0.1, 0.15) is 10.5 Å². The van der Waals surface area contributed by atoms with Crippen LogP contribution in [0.25, 0.3) is 10.2 Å². The molecule has 2 aromatic heterocycles. The maximum Gasteiger partial charge on any atom is 0.268 e. The summed E-state index contributed by atoms with van der Waals surface area (Å²) in [4.78, 5) is 32.8. The van der Waals surface area contributed by atoms with Crippen molar-refractivity contribution >= 4 is 39.2 Å². The molecule has 0 aromatic carbocycles. The molecule has 1 aliphatic heterocycles. The molecule has 1 aliphatic rings. The highest BCUT2D eigenvalue weighted by Gasteiger charge is 2.25. The average Bonchev–Trinajstić information content (AvgIpc) is 3.08. The lowest BCUT2D eigenvalue weighted by molar-refractivity contribution is -0.131. The molecule has 0 aliphatic carbocycles. The van der Waals surface area contributed by atoms with Crippen LogP contribution in [-0.2, 0) is 11.3 Å². The second-order valence-corrected chi connectivity index (χ2v) is 6.56. The highest BCUT2D eigenvalue weighted by Crippen LogP contribution is 2.15. The standard InChI is InChI=1S/C12H14N4O2S2/c1-16(12(18)8-5-19-6-13-8)4-9-14-7-2-3-20-10(7)11(17)15-9/h2-3,8,13H,4-6H2,1H3,(H,14,15,17). The number of amides is 1. The Bertz CT molecular complexity index is 690. The zero-order valence-corrected chi connectivity index (χ0v) is 12.5. The third-order valence-electron chi connectivity index (χ3n) is 3.14. The Labute approximate surface area is 123 Å². The van der Waals surface area contributed by atoms with Gasteiger partial charge in [0.15, 0.2) is 0 Å². The van der Waals surface area contributed by atoms with Crippen LogP contribution < -0.4 is 10.9 Å². The first-order valence-electron chi connectivity index (χ1n) is 6.17. The lowest BCUT2D eigenvalue weighted by Crippen LogP contribution is -2.43. The van der Waals surface area contributed by atoms with Gasteiger partial charge in [-0.25, -0.2) is 4.98 Å². The number of carbonyl (C=O) groups is 1. The van der Waals surface area contributed by atoms with Crippen LogP contribution in [0, 0.1) is 0 Å². The van der Waals surface area contributed by atoms with Crippen molar-refractivity contribution in [3.05, 3.63) is 27.6 Å². The second kappa shape index (κ2) is 5.55. The molecule has 2 N–H and O–H groups in total. The molecule has 1 fully saturated rings. The Hall–Kier alpha value is -1.38. The van der Waals surface area contributed by atoms with E-state index in [1.54, 1.807) is 23.7 Å². The molecular weight excluding hydrogens is 296 g/mol. The van der Waals surface area contributed by atoms with Crippen LogP contribution >= 0.6 is 23.1 Å². The van der Waals surface area contributed by atoms with Crippen LogP contribution in [0.15, 0.2) is 16.2 Å². The fraction of sp³-hybridized carbons (Fsp3) is 0.417. The summed E-state index contributed by atoms with van der Waals surface area (Å²) in [5, 5.41) is 4.98. The van der Waals surface area contributed by atoms with Crippen LogP contribution in [0.5, 0.6) is 0 Å². The van der Waals surface area contributed by atoms with Gasteiger partial charge in [-0.05, 0) is 11.4 Å². The number of rotatable bonds is 3. The Balaban J connectivity index is 1.78. The first kappa shape index (κ1) is 13.6. The molecule has 0 radical (unpaired) electrons. The van der Waals surface area contributed by atoms with E-state index in [9.17, 15) is 9.59 Å². The molecule has 8 heteroatoms. The van der Waals surface area contributed by atoms with E-state index >= 15 is 0 Å². The number of thiophene rings is 1. The van der Waals surface area contributed by atoms with Gasteiger partial charge in [-0.15, -0.1) is 23.1 Å².